The third-order valence-electron chi connectivity index (χ3n) is 4.98. The van der Waals surface area contributed by atoms with Crippen LogP contribution in [0.3, 0.4) is 0 Å². The smallest absolute Gasteiger partial charge is 0.303 e. The Hall–Kier alpha value is -1.10. The molecule has 2 heterocycles. The van der Waals surface area contributed by atoms with Crippen molar-refractivity contribution in [1.82, 2.24) is 10.2 Å². The summed E-state index contributed by atoms with van der Waals surface area (Å²) in [6, 6.07) is 0. The van der Waals surface area contributed by atoms with E-state index >= 15 is 0 Å². The number of piperidine rings is 1. The number of aliphatic carboxylic acids is 1. The Labute approximate surface area is 120 Å². The average molecular weight is 282 g/mol. The van der Waals surface area contributed by atoms with Gasteiger partial charge in [0.05, 0.1) is 0 Å². The minimum atomic E-state index is -0.741. The van der Waals surface area contributed by atoms with Gasteiger partial charge in [-0.3, -0.25) is 9.59 Å². The zero-order valence-corrected chi connectivity index (χ0v) is 12.5. The molecule has 2 N–H and O–H groups in total. The molecule has 0 spiro atoms. The largest absolute Gasteiger partial charge is 0.481 e. The van der Waals surface area contributed by atoms with Crippen molar-refractivity contribution < 1.29 is 14.7 Å². The Morgan fingerprint density at radius 2 is 2.00 bits per heavy atom. The van der Waals surface area contributed by atoms with Gasteiger partial charge in [0.2, 0.25) is 5.91 Å². The molecule has 0 aromatic heterocycles. The summed E-state index contributed by atoms with van der Waals surface area (Å²) in [7, 11) is 0. The summed E-state index contributed by atoms with van der Waals surface area (Å²) < 4.78 is 0. The molecule has 2 rings (SSSR count). The fraction of sp³-hybridized carbons (Fsp3) is 0.867. The Bertz CT molecular complexity index is 368. The molecule has 5 nitrogen and oxygen atoms in total. The van der Waals surface area contributed by atoms with E-state index in [1.807, 2.05) is 18.7 Å². The van der Waals surface area contributed by atoms with Crippen LogP contribution in [0, 0.1) is 23.7 Å². The molecule has 20 heavy (non-hydrogen) atoms. The Kier molecular flexibility index (Phi) is 5.02. The highest BCUT2D eigenvalue weighted by Crippen LogP contribution is 2.28. The SMILES string of the molecule is CC(CC(=O)O)C1CCCN(C(=O)C(C)C2CNC2)C1. The van der Waals surface area contributed by atoms with E-state index in [0.717, 1.165) is 39.0 Å². The molecular formula is C15H26N2O3. The maximum atomic E-state index is 12.5. The van der Waals surface area contributed by atoms with Crippen LogP contribution in [0.1, 0.15) is 33.1 Å². The summed E-state index contributed by atoms with van der Waals surface area (Å²) in [4.78, 5) is 25.3. The van der Waals surface area contributed by atoms with Gasteiger partial charge >= 0.3 is 5.97 Å². The van der Waals surface area contributed by atoms with Gasteiger partial charge in [-0.25, -0.2) is 0 Å². The van der Waals surface area contributed by atoms with Gasteiger partial charge in [-0.05, 0) is 43.7 Å². The lowest BCUT2D eigenvalue weighted by molar-refractivity contribution is -0.140. The highest BCUT2D eigenvalue weighted by molar-refractivity contribution is 5.79. The second-order valence-corrected chi connectivity index (χ2v) is 6.47. The third-order valence-corrected chi connectivity index (χ3v) is 4.98. The van der Waals surface area contributed by atoms with Gasteiger partial charge in [0, 0.05) is 25.4 Å². The molecule has 2 aliphatic heterocycles. The van der Waals surface area contributed by atoms with E-state index in [1.165, 1.54) is 0 Å². The second kappa shape index (κ2) is 6.57. The number of carboxylic acids is 1. The summed E-state index contributed by atoms with van der Waals surface area (Å²) >= 11 is 0. The van der Waals surface area contributed by atoms with Crippen LogP contribution in [-0.2, 0) is 9.59 Å². The van der Waals surface area contributed by atoms with Gasteiger partial charge in [0.25, 0.3) is 0 Å². The van der Waals surface area contributed by atoms with Gasteiger partial charge in [-0.15, -0.1) is 0 Å². The van der Waals surface area contributed by atoms with Crippen LogP contribution in [0.25, 0.3) is 0 Å². The lowest BCUT2D eigenvalue weighted by Crippen LogP contribution is -2.52. The number of hydrogen-bond donors (Lipinski definition) is 2. The molecule has 114 valence electrons. The van der Waals surface area contributed by atoms with E-state index in [1.54, 1.807) is 0 Å². The van der Waals surface area contributed by atoms with E-state index < -0.39 is 5.97 Å². The number of nitrogens with one attached hydrogen (secondary N) is 1. The molecule has 3 unspecified atom stereocenters. The van der Waals surface area contributed by atoms with Crippen molar-refractivity contribution in [2.24, 2.45) is 23.7 Å². The number of carbonyl (C=O) groups is 2. The molecule has 2 saturated heterocycles. The Morgan fingerprint density at radius 1 is 1.30 bits per heavy atom. The third kappa shape index (κ3) is 3.51. The summed E-state index contributed by atoms with van der Waals surface area (Å²) in [5, 5.41) is 12.1. The van der Waals surface area contributed by atoms with Crippen molar-refractivity contribution in [2.75, 3.05) is 26.2 Å². The molecule has 2 aliphatic rings. The van der Waals surface area contributed by atoms with Crippen LogP contribution in [0.15, 0.2) is 0 Å². The highest BCUT2D eigenvalue weighted by atomic mass is 16.4. The van der Waals surface area contributed by atoms with E-state index in [0.29, 0.717) is 11.8 Å². The molecular weight excluding hydrogens is 256 g/mol. The fourth-order valence-electron chi connectivity index (χ4n) is 3.27. The maximum absolute atomic E-state index is 12.5. The van der Waals surface area contributed by atoms with Crippen LogP contribution in [-0.4, -0.2) is 48.1 Å². The summed E-state index contributed by atoms with van der Waals surface area (Å²) in [6.45, 7) is 7.47. The van der Waals surface area contributed by atoms with E-state index in [9.17, 15) is 9.59 Å². The van der Waals surface area contributed by atoms with Crippen LogP contribution in [0.4, 0.5) is 0 Å². The molecule has 0 aliphatic carbocycles. The molecule has 3 atom stereocenters. The van der Waals surface area contributed by atoms with Gasteiger partial charge in [0.1, 0.15) is 0 Å². The van der Waals surface area contributed by atoms with Gasteiger partial charge in [0.15, 0.2) is 0 Å². The number of rotatable bonds is 5. The van der Waals surface area contributed by atoms with Crippen molar-refractivity contribution >= 4 is 11.9 Å². The van der Waals surface area contributed by atoms with E-state index in [-0.39, 0.29) is 24.2 Å². The number of carbonyl (C=O) groups excluding carboxylic acids is 1. The molecule has 5 heteroatoms. The van der Waals surface area contributed by atoms with E-state index in [2.05, 4.69) is 5.32 Å². The zero-order valence-electron chi connectivity index (χ0n) is 12.5. The summed E-state index contributed by atoms with van der Waals surface area (Å²) in [5.41, 5.74) is 0. The highest BCUT2D eigenvalue weighted by Gasteiger charge is 2.34. The first kappa shape index (κ1) is 15.3. The van der Waals surface area contributed by atoms with Gasteiger partial charge < -0.3 is 15.3 Å². The minimum Gasteiger partial charge on any atom is -0.481 e. The van der Waals surface area contributed by atoms with Crippen molar-refractivity contribution in [3.05, 3.63) is 0 Å². The first-order chi connectivity index (χ1) is 9.49. The van der Waals surface area contributed by atoms with Crippen LogP contribution < -0.4 is 5.32 Å². The molecule has 0 bridgehead atoms. The number of amides is 1. The van der Waals surface area contributed by atoms with Crippen molar-refractivity contribution in [3.8, 4) is 0 Å². The second-order valence-electron chi connectivity index (χ2n) is 6.47. The van der Waals surface area contributed by atoms with Crippen molar-refractivity contribution in [1.29, 1.82) is 0 Å². The summed E-state index contributed by atoms with van der Waals surface area (Å²) in [6.07, 6.45) is 2.24. The molecule has 0 aromatic rings. The standard InChI is InChI=1S/C15H26N2O3/c1-10(6-14(18)19)12-4-3-5-17(9-12)15(20)11(2)13-7-16-8-13/h10-13,16H,3-9H2,1-2H3,(H,18,19). The first-order valence-electron chi connectivity index (χ1n) is 7.70. The van der Waals surface area contributed by atoms with Crippen LogP contribution >= 0.6 is 0 Å². The lowest BCUT2D eigenvalue weighted by Gasteiger charge is -2.39. The number of nitrogens with zero attached hydrogens (tertiary/aromatic N) is 1. The fourth-order valence-corrected chi connectivity index (χ4v) is 3.27. The molecule has 1 amide bonds. The lowest BCUT2D eigenvalue weighted by atomic mass is 9.83. The van der Waals surface area contributed by atoms with Gasteiger partial charge in [-0.1, -0.05) is 13.8 Å². The number of carboxylic acid groups (broad SMARTS) is 1. The molecule has 0 saturated carbocycles. The summed E-state index contributed by atoms with van der Waals surface area (Å²) in [5.74, 6) is 0.543. The molecule has 0 radical (unpaired) electrons. The van der Waals surface area contributed by atoms with Gasteiger partial charge in [-0.2, -0.15) is 0 Å². The van der Waals surface area contributed by atoms with Crippen molar-refractivity contribution in [2.45, 2.75) is 33.1 Å². The van der Waals surface area contributed by atoms with Crippen LogP contribution in [0.2, 0.25) is 0 Å². The quantitative estimate of drug-likeness (QED) is 0.795. The van der Waals surface area contributed by atoms with E-state index in [4.69, 9.17) is 5.11 Å². The Morgan fingerprint density at radius 3 is 2.55 bits per heavy atom. The molecule has 2 fully saturated rings. The predicted octanol–water partition coefficient (Wildman–Crippen LogP) is 1.19. The zero-order chi connectivity index (χ0) is 14.7. The predicted molar refractivity (Wildman–Crippen MR) is 76.2 cm³/mol. The number of likely N-dealkylation sites (tertiary alicyclic amines) is 1. The monoisotopic (exact) mass is 282 g/mol. The van der Waals surface area contributed by atoms with Crippen LogP contribution in [0.5, 0.6) is 0 Å². The normalized spacial score (nSPS) is 26.7. The average Bonchev–Trinajstić information content (AvgIpc) is 2.35. The minimum absolute atomic E-state index is 0.0878. The topological polar surface area (TPSA) is 69.6 Å². The first-order valence-corrected chi connectivity index (χ1v) is 7.70. The number of hydrogen-bond acceptors (Lipinski definition) is 3. The Balaban J connectivity index is 1.88. The molecule has 0 aromatic carbocycles. The maximum Gasteiger partial charge on any atom is 0.303 e. The van der Waals surface area contributed by atoms with Crippen molar-refractivity contribution in [3.63, 3.8) is 0 Å².